The molecule has 0 bridgehead atoms. The van der Waals surface area contributed by atoms with E-state index in [9.17, 15) is 9.59 Å². The van der Waals surface area contributed by atoms with E-state index in [0.29, 0.717) is 30.4 Å². The predicted octanol–water partition coefficient (Wildman–Crippen LogP) is 5.26. The van der Waals surface area contributed by atoms with Gasteiger partial charge in [-0.15, -0.1) is 11.8 Å². The molecular weight excluding hydrogens is 458 g/mol. The lowest BCUT2D eigenvalue weighted by Crippen LogP contribution is -2.27. The highest BCUT2D eigenvalue weighted by Crippen LogP contribution is 2.39. The fourth-order valence-electron chi connectivity index (χ4n) is 3.62. The summed E-state index contributed by atoms with van der Waals surface area (Å²) < 4.78 is 5.67. The van der Waals surface area contributed by atoms with Gasteiger partial charge >= 0.3 is 0 Å². The van der Waals surface area contributed by atoms with E-state index in [-0.39, 0.29) is 17.2 Å². The number of hydrazone groups is 1. The second-order valence-corrected chi connectivity index (χ2v) is 9.83. The molecule has 1 aliphatic rings. The van der Waals surface area contributed by atoms with Gasteiger partial charge in [0.1, 0.15) is 11.1 Å². The molecule has 1 atom stereocenters. The van der Waals surface area contributed by atoms with Crippen molar-refractivity contribution in [1.82, 2.24) is 10.3 Å². The van der Waals surface area contributed by atoms with Crippen molar-refractivity contribution >= 4 is 29.8 Å². The standard InChI is InChI=1S/C28H29N3O3S/c1-20(2)18-34-25-14-8-21(9-15-25)16-29-30-27(33)23-10-12-24(13-11-23)28-31(26(32)19-35-28)17-22-6-4-3-5-7-22/h3-16,20,28H,17-19H2,1-2H3,(H,30,33)/b29-16-/t28-/m1/s1. The molecule has 0 spiro atoms. The van der Waals surface area contributed by atoms with E-state index < -0.39 is 0 Å². The van der Waals surface area contributed by atoms with Crippen molar-refractivity contribution in [3.63, 3.8) is 0 Å². The minimum Gasteiger partial charge on any atom is -0.493 e. The molecular formula is C28H29N3O3S. The van der Waals surface area contributed by atoms with Crippen molar-refractivity contribution in [3.8, 4) is 5.75 Å². The summed E-state index contributed by atoms with van der Waals surface area (Å²) in [5.74, 6) is 1.57. The summed E-state index contributed by atoms with van der Waals surface area (Å²) in [4.78, 5) is 26.9. The van der Waals surface area contributed by atoms with Crippen molar-refractivity contribution < 1.29 is 14.3 Å². The number of carbonyl (C=O) groups is 2. The van der Waals surface area contributed by atoms with Crippen LogP contribution < -0.4 is 10.2 Å². The van der Waals surface area contributed by atoms with Crippen LogP contribution in [0.2, 0.25) is 0 Å². The maximum atomic E-state index is 12.5. The number of carbonyl (C=O) groups excluding carboxylic acids is 2. The molecule has 2 amide bonds. The summed E-state index contributed by atoms with van der Waals surface area (Å²) >= 11 is 1.61. The molecule has 1 aliphatic heterocycles. The molecule has 3 aromatic carbocycles. The van der Waals surface area contributed by atoms with Gasteiger partial charge in [-0.1, -0.05) is 56.3 Å². The Kier molecular flexibility index (Phi) is 8.21. The third kappa shape index (κ3) is 6.73. The number of amides is 2. The lowest BCUT2D eigenvalue weighted by molar-refractivity contribution is -0.128. The third-order valence-electron chi connectivity index (χ3n) is 5.47. The number of thioether (sulfide) groups is 1. The predicted molar refractivity (Wildman–Crippen MR) is 140 cm³/mol. The first-order valence-corrected chi connectivity index (χ1v) is 12.7. The van der Waals surface area contributed by atoms with Crippen molar-refractivity contribution in [2.24, 2.45) is 11.0 Å². The van der Waals surface area contributed by atoms with Crippen LogP contribution in [0, 0.1) is 5.92 Å². The molecule has 3 aromatic rings. The summed E-state index contributed by atoms with van der Waals surface area (Å²) in [6.07, 6.45) is 1.60. The molecule has 180 valence electrons. The molecule has 0 radical (unpaired) electrons. The number of nitrogens with zero attached hydrogens (tertiary/aromatic N) is 2. The molecule has 0 saturated carbocycles. The highest BCUT2D eigenvalue weighted by molar-refractivity contribution is 8.00. The van der Waals surface area contributed by atoms with Crippen molar-refractivity contribution in [2.45, 2.75) is 25.8 Å². The normalized spacial score (nSPS) is 15.7. The molecule has 0 aromatic heterocycles. The lowest BCUT2D eigenvalue weighted by atomic mass is 10.1. The fraction of sp³-hybridized carbons (Fsp3) is 0.250. The van der Waals surface area contributed by atoms with Gasteiger partial charge in [-0.3, -0.25) is 9.59 Å². The zero-order valence-corrected chi connectivity index (χ0v) is 20.7. The van der Waals surface area contributed by atoms with E-state index in [1.807, 2.05) is 71.6 Å². The smallest absolute Gasteiger partial charge is 0.271 e. The summed E-state index contributed by atoms with van der Waals surface area (Å²) in [5, 5.41) is 4.00. The van der Waals surface area contributed by atoms with Gasteiger partial charge in [-0.05, 0) is 59.0 Å². The first kappa shape index (κ1) is 24.5. The summed E-state index contributed by atoms with van der Waals surface area (Å²) in [6, 6.07) is 24.9. The largest absolute Gasteiger partial charge is 0.493 e. The Morgan fingerprint density at radius 1 is 1.09 bits per heavy atom. The van der Waals surface area contributed by atoms with Crippen molar-refractivity contribution in [1.29, 1.82) is 0 Å². The van der Waals surface area contributed by atoms with E-state index in [0.717, 1.165) is 22.4 Å². The van der Waals surface area contributed by atoms with Crippen LogP contribution >= 0.6 is 11.8 Å². The summed E-state index contributed by atoms with van der Waals surface area (Å²) in [5.41, 5.74) is 6.03. The van der Waals surface area contributed by atoms with E-state index in [1.165, 1.54) is 0 Å². The molecule has 35 heavy (non-hydrogen) atoms. The van der Waals surface area contributed by atoms with Crippen LogP contribution in [0.25, 0.3) is 0 Å². The van der Waals surface area contributed by atoms with Crippen molar-refractivity contribution in [3.05, 3.63) is 101 Å². The number of hydrogen-bond donors (Lipinski definition) is 1. The minimum absolute atomic E-state index is 0.0645. The average molecular weight is 488 g/mol. The minimum atomic E-state index is -0.291. The quantitative estimate of drug-likeness (QED) is 0.330. The first-order valence-electron chi connectivity index (χ1n) is 11.6. The SMILES string of the molecule is CC(C)COc1ccc(/C=N\NC(=O)c2ccc([C@H]3SCC(=O)N3Cc3ccccc3)cc2)cc1. The van der Waals surface area contributed by atoms with Gasteiger partial charge in [0.05, 0.1) is 18.6 Å². The number of benzene rings is 3. The Labute approximate surface area is 210 Å². The molecule has 1 saturated heterocycles. The molecule has 1 N–H and O–H groups in total. The van der Waals surface area contributed by atoms with Gasteiger partial charge in [0.15, 0.2) is 0 Å². The van der Waals surface area contributed by atoms with Crippen LogP contribution in [0.5, 0.6) is 5.75 Å². The van der Waals surface area contributed by atoms with Crippen LogP contribution in [-0.2, 0) is 11.3 Å². The molecule has 0 aliphatic carbocycles. The monoisotopic (exact) mass is 487 g/mol. The molecule has 0 unspecified atom stereocenters. The maximum Gasteiger partial charge on any atom is 0.271 e. The number of rotatable bonds is 9. The Balaban J connectivity index is 1.33. The maximum absolute atomic E-state index is 12.5. The first-order chi connectivity index (χ1) is 17.0. The highest BCUT2D eigenvalue weighted by Gasteiger charge is 2.32. The molecule has 1 heterocycles. The topological polar surface area (TPSA) is 71.0 Å². The molecule has 1 fully saturated rings. The Morgan fingerprint density at radius 3 is 2.49 bits per heavy atom. The average Bonchev–Trinajstić information content (AvgIpc) is 3.24. The van der Waals surface area contributed by atoms with Gasteiger partial charge in [0, 0.05) is 12.1 Å². The van der Waals surface area contributed by atoms with Gasteiger partial charge in [0.2, 0.25) is 5.91 Å². The Bertz CT molecular complexity index is 1160. The van der Waals surface area contributed by atoms with Gasteiger partial charge in [-0.2, -0.15) is 5.10 Å². The van der Waals surface area contributed by atoms with E-state index in [4.69, 9.17) is 4.74 Å². The zero-order valence-electron chi connectivity index (χ0n) is 19.9. The van der Waals surface area contributed by atoms with E-state index in [1.54, 1.807) is 30.1 Å². The molecule has 4 rings (SSSR count). The Morgan fingerprint density at radius 2 is 1.80 bits per heavy atom. The van der Waals surface area contributed by atoms with Gasteiger partial charge in [0.25, 0.3) is 5.91 Å². The zero-order chi connectivity index (χ0) is 24.6. The number of hydrogen-bond acceptors (Lipinski definition) is 5. The highest BCUT2D eigenvalue weighted by atomic mass is 32.2. The number of ether oxygens (including phenoxy) is 1. The van der Waals surface area contributed by atoms with Crippen LogP contribution in [0.3, 0.4) is 0 Å². The van der Waals surface area contributed by atoms with Crippen LogP contribution in [0.15, 0.2) is 84.0 Å². The van der Waals surface area contributed by atoms with E-state index in [2.05, 4.69) is 24.4 Å². The van der Waals surface area contributed by atoms with Crippen molar-refractivity contribution in [2.75, 3.05) is 12.4 Å². The second kappa shape index (κ2) is 11.7. The number of nitrogens with one attached hydrogen (secondary N) is 1. The lowest BCUT2D eigenvalue weighted by Gasteiger charge is -2.24. The summed E-state index contributed by atoms with van der Waals surface area (Å²) in [6.45, 7) is 5.45. The van der Waals surface area contributed by atoms with E-state index >= 15 is 0 Å². The van der Waals surface area contributed by atoms with Gasteiger partial charge in [-0.25, -0.2) is 5.43 Å². The fourth-order valence-corrected chi connectivity index (χ4v) is 4.81. The summed E-state index contributed by atoms with van der Waals surface area (Å²) in [7, 11) is 0. The van der Waals surface area contributed by atoms with Gasteiger partial charge < -0.3 is 9.64 Å². The Hall–Kier alpha value is -3.58. The third-order valence-corrected chi connectivity index (χ3v) is 6.72. The second-order valence-electron chi connectivity index (χ2n) is 8.77. The van der Waals surface area contributed by atoms with Crippen LogP contribution in [-0.4, -0.2) is 35.3 Å². The molecule has 6 nitrogen and oxygen atoms in total. The van der Waals surface area contributed by atoms with Crippen LogP contribution in [0.4, 0.5) is 0 Å². The molecule has 7 heteroatoms. The van der Waals surface area contributed by atoms with Crippen LogP contribution in [0.1, 0.15) is 46.3 Å².